The van der Waals surface area contributed by atoms with Crippen LogP contribution in [0.5, 0.6) is 0 Å². The number of ether oxygens (including phenoxy) is 1. The van der Waals surface area contributed by atoms with Gasteiger partial charge in [-0.15, -0.1) is 11.3 Å². The van der Waals surface area contributed by atoms with Gasteiger partial charge in [-0.25, -0.2) is 4.98 Å². The minimum atomic E-state index is 0.291. The lowest BCUT2D eigenvalue weighted by Gasteiger charge is -2.13. The average Bonchev–Trinajstić information content (AvgIpc) is 2.77. The molecule has 16 heavy (non-hydrogen) atoms. The number of aromatic nitrogens is 2. The summed E-state index contributed by atoms with van der Waals surface area (Å²) in [6.45, 7) is 5.80. The number of hydrogen-bond acceptors (Lipinski definition) is 4. The summed E-state index contributed by atoms with van der Waals surface area (Å²) >= 11 is 1.67. The molecule has 0 aliphatic heterocycles. The SMILES string of the molecule is COCCNC(C)c1c(C)nc2sccn12. The van der Waals surface area contributed by atoms with Crippen molar-refractivity contribution in [2.45, 2.75) is 19.9 Å². The highest BCUT2D eigenvalue weighted by atomic mass is 32.1. The van der Waals surface area contributed by atoms with Crippen LogP contribution in [0.15, 0.2) is 11.6 Å². The molecule has 4 nitrogen and oxygen atoms in total. The third-order valence-corrected chi connectivity index (χ3v) is 3.41. The van der Waals surface area contributed by atoms with Crippen molar-refractivity contribution in [3.63, 3.8) is 0 Å². The molecule has 2 rings (SSSR count). The van der Waals surface area contributed by atoms with E-state index in [0.717, 1.165) is 23.8 Å². The van der Waals surface area contributed by atoms with E-state index in [0.29, 0.717) is 6.04 Å². The Kier molecular flexibility index (Phi) is 3.58. The summed E-state index contributed by atoms with van der Waals surface area (Å²) in [5.74, 6) is 0. The fraction of sp³-hybridized carbons (Fsp3) is 0.545. The number of hydrogen-bond donors (Lipinski definition) is 1. The van der Waals surface area contributed by atoms with Crippen LogP contribution in [0.3, 0.4) is 0 Å². The largest absolute Gasteiger partial charge is 0.383 e. The van der Waals surface area contributed by atoms with Crippen LogP contribution in [0.25, 0.3) is 4.96 Å². The Morgan fingerprint density at radius 3 is 3.19 bits per heavy atom. The fourth-order valence-corrected chi connectivity index (χ4v) is 2.67. The summed E-state index contributed by atoms with van der Waals surface area (Å²) in [5.41, 5.74) is 2.34. The van der Waals surface area contributed by atoms with Crippen LogP contribution in [0.4, 0.5) is 0 Å². The molecule has 0 bridgehead atoms. The van der Waals surface area contributed by atoms with Crippen molar-refractivity contribution < 1.29 is 4.74 Å². The van der Waals surface area contributed by atoms with E-state index in [1.54, 1.807) is 18.4 Å². The summed E-state index contributed by atoms with van der Waals surface area (Å²) in [4.78, 5) is 5.60. The van der Waals surface area contributed by atoms with Crippen LogP contribution in [-0.2, 0) is 4.74 Å². The van der Waals surface area contributed by atoms with Gasteiger partial charge in [0.25, 0.3) is 0 Å². The van der Waals surface area contributed by atoms with E-state index in [9.17, 15) is 0 Å². The van der Waals surface area contributed by atoms with E-state index >= 15 is 0 Å². The first-order valence-electron chi connectivity index (χ1n) is 5.38. The Bertz CT molecular complexity index is 463. The van der Waals surface area contributed by atoms with Crippen molar-refractivity contribution in [2.75, 3.05) is 20.3 Å². The van der Waals surface area contributed by atoms with Crippen LogP contribution >= 0.6 is 11.3 Å². The molecule has 0 saturated carbocycles. The van der Waals surface area contributed by atoms with Gasteiger partial charge in [0.05, 0.1) is 18.0 Å². The van der Waals surface area contributed by atoms with Crippen molar-refractivity contribution in [1.29, 1.82) is 0 Å². The van der Waals surface area contributed by atoms with Crippen molar-refractivity contribution in [2.24, 2.45) is 0 Å². The molecule has 2 heterocycles. The van der Waals surface area contributed by atoms with Crippen LogP contribution < -0.4 is 5.32 Å². The number of nitrogens with zero attached hydrogens (tertiary/aromatic N) is 2. The van der Waals surface area contributed by atoms with Gasteiger partial charge < -0.3 is 10.1 Å². The molecule has 1 N–H and O–H groups in total. The Hall–Kier alpha value is -0.910. The predicted octanol–water partition coefficient (Wildman–Crippen LogP) is 2.00. The zero-order valence-electron chi connectivity index (χ0n) is 9.86. The van der Waals surface area contributed by atoms with Crippen LogP contribution in [0.1, 0.15) is 24.4 Å². The third-order valence-electron chi connectivity index (χ3n) is 2.65. The molecule has 1 unspecified atom stereocenters. The third kappa shape index (κ3) is 2.11. The number of methoxy groups -OCH3 is 1. The van der Waals surface area contributed by atoms with E-state index in [2.05, 4.69) is 40.1 Å². The van der Waals surface area contributed by atoms with E-state index in [-0.39, 0.29) is 0 Å². The van der Waals surface area contributed by atoms with E-state index in [4.69, 9.17) is 4.74 Å². The first-order valence-corrected chi connectivity index (χ1v) is 6.26. The van der Waals surface area contributed by atoms with Crippen molar-refractivity contribution in [1.82, 2.24) is 14.7 Å². The minimum Gasteiger partial charge on any atom is -0.383 e. The number of rotatable bonds is 5. The second kappa shape index (κ2) is 4.95. The lowest BCUT2D eigenvalue weighted by Crippen LogP contribution is -2.24. The fourth-order valence-electron chi connectivity index (χ4n) is 1.91. The Morgan fingerprint density at radius 2 is 2.44 bits per heavy atom. The first kappa shape index (κ1) is 11.6. The van der Waals surface area contributed by atoms with Gasteiger partial charge in [-0.1, -0.05) is 0 Å². The van der Waals surface area contributed by atoms with Crippen molar-refractivity contribution >= 4 is 16.3 Å². The lowest BCUT2D eigenvalue weighted by molar-refractivity contribution is 0.196. The smallest absolute Gasteiger partial charge is 0.194 e. The number of imidazole rings is 1. The quantitative estimate of drug-likeness (QED) is 0.811. The van der Waals surface area contributed by atoms with E-state index < -0.39 is 0 Å². The normalized spacial score (nSPS) is 13.4. The highest BCUT2D eigenvalue weighted by Gasteiger charge is 2.15. The second-order valence-corrected chi connectivity index (χ2v) is 4.68. The maximum absolute atomic E-state index is 5.03. The zero-order chi connectivity index (χ0) is 11.5. The summed E-state index contributed by atoms with van der Waals surface area (Å²) < 4.78 is 7.19. The lowest BCUT2D eigenvalue weighted by atomic mass is 10.2. The molecule has 1 atom stereocenters. The van der Waals surface area contributed by atoms with Gasteiger partial charge >= 0.3 is 0 Å². The van der Waals surface area contributed by atoms with Gasteiger partial charge in [0.1, 0.15) is 0 Å². The summed E-state index contributed by atoms with van der Waals surface area (Å²) in [5, 5.41) is 5.49. The van der Waals surface area contributed by atoms with E-state index in [1.807, 2.05) is 0 Å². The van der Waals surface area contributed by atoms with Gasteiger partial charge in [-0.3, -0.25) is 4.40 Å². The zero-order valence-corrected chi connectivity index (χ0v) is 10.7. The molecular formula is C11H17N3OS. The molecule has 2 aromatic heterocycles. The molecule has 0 aromatic carbocycles. The van der Waals surface area contributed by atoms with Crippen molar-refractivity contribution in [3.8, 4) is 0 Å². The summed E-state index contributed by atoms with van der Waals surface area (Å²) in [7, 11) is 1.72. The monoisotopic (exact) mass is 239 g/mol. The average molecular weight is 239 g/mol. The maximum atomic E-state index is 5.03. The molecule has 0 saturated heterocycles. The predicted molar refractivity (Wildman–Crippen MR) is 66.1 cm³/mol. The molecule has 0 fully saturated rings. The standard InChI is InChI=1S/C11H17N3OS/c1-8(12-4-6-15-3)10-9(2)13-11-14(10)5-7-16-11/h5,7-8,12H,4,6H2,1-3H3. The molecule has 88 valence electrons. The molecule has 0 radical (unpaired) electrons. The number of aryl methyl sites for hydroxylation is 1. The van der Waals surface area contributed by atoms with Gasteiger partial charge in [-0.2, -0.15) is 0 Å². The number of nitrogens with one attached hydrogen (secondary N) is 1. The van der Waals surface area contributed by atoms with Gasteiger partial charge in [-0.05, 0) is 13.8 Å². The molecular weight excluding hydrogens is 222 g/mol. The molecule has 0 amide bonds. The summed E-state index contributed by atoms with van der Waals surface area (Å²) in [6.07, 6.45) is 2.07. The van der Waals surface area contributed by atoms with Gasteiger partial charge in [0.15, 0.2) is 4.96 Å². The van der Waals surface area contributed by atoms with Crippen LogP contribution in [0, 0.1) is 6.92 Å². The Labute approximate surface area is 99.3 Å². The number of thiazole rings is 1. The van der Waals surface area contributed by atoms with E-state index in [1.165, 1.54) is 5.69 Å². The highest BCUT2D eigenvalue weighted by Crippen LogP contribution is 2.22. The molecule has 2 aromatic rings. The molecule has 0 aliphatic rings. The van der Waals surface area contributed by atoms with Crippen molar-refractivity contribution in [3.05, 3.63) is 23.0 Å². The first-order chi connectivity index (χ1) is 7.74. The van der Waals surface area contributed by atoms with Crippen LogP contribution in [0.2, 0.25) is 0 Å². The molecule has 0 aliphatic carbocycles. The minimum absolute atomic E-state index is 0.291. The molecule has 5 heteroatoms. The Morgan fingerprint density at radius 1 is 1.62 bits per heavy atom. The second-order valence-electron chi connectivity index (χ2n) is 3.81. The van der Waals surface area contributed by atoms with Crippen LogP contribution in [-0.4, -0.2) is 29.6 Å². The highest BCUT2D eigenvalue weighted by molar-refractivity contribution is 7.15. The van der Waals surface area contributed by atoms with Gasteiger partial charge in [0.2, 0.25) is 0 Å². The van der Waals surface area contributed by atoms with Gasteiger partial charge in [0, 0.05) is 31.3 Å². The Balaban J connectivity index is 2.17. The summed E-state index contributed by atoms with van der Waals surface area (Å²) in [6, 6.07) is 0.291. The topological polar surface area (TPSA) is 38.6 Å². The molecule has 0 spiro atoms. The number of fused-ring (bicyclic) bond motifs is 1. The maximum Gasteiger partial charge on any atom is 0.194 e.